The number of carbonyl (C=O) groups excluding carboxylic acids is 2. The number of aliphatic hydroxyl groups excluding tert-OH is 2. The van der Waals surface area contributed by atoms with Gasteiger partial charge in [-0.1, -0.05) is 51.7 Å². The van der Waals surface area contributed by atoms with E-state index in [-0.39, 0.29) is 35.4 Å². The highest BCUT2D eigenvalue weighted by Gasteiger charge is 2.44. The van der Waals surface area contributed by atoms with Crippen molar-refractivity contribution in [1.29, 1.82) is 0 Å². The molecule has 2 N–H and O–H groups in total. The largest absolute Gasteiger partial charge is 0.469 e. The summed E-state index contributed by atoms with van der Waals surface area (Å²) < 4.78 is 4.63. The first kappa shape index (κ1) is 23.1. The van der Waals surface area contributed by atoms with Gasteiger partial charge in [-0.2, -0.15) is 0 Å². The molecule has 4 atom stereocenters. The summed E-state index contributed by atoms with van der Waals surface area (Å²) in [5.41, 5.74) is -0.0696. The van der Waals surface area contributed by atoms with E-state index in [1.165, 1.54) is 7.11 Å². The van der Waals surface area contributed by atoms with E-state index in [0.717, 1.165) is 51.4 Å². The molecule has 5 heteroatoms. The van der Waals surface area contributed by atoms with Crippen LogP contribution in [0.3, 0.4) is 0 Å². The molecule has 0 aromatic heterocycles. The molecule has 28 heavy (non-hydrogen) atoms. The van der Waals surface area contributed by atoms with Crippen LogP contribution in [0.1, 0.15) is 78.1 Å². The average Bonchev–Trinajstić information content (AvgIpc) is 2.92. The van der Waals surface area contributed by atoms with Crippen LogP contribution in [0.25, 0.3) is 0 Å². The highest BCUT2D eigenvalue weighted by atomic mass is 16.5. The normalized spacial score (nSPS) is 33.8. The van der Waals surface area contributed by atoms with Crippen molar-refractivity contribution in [2.24, 2.45) is 23.2 Å². The highest BCUT2D eigenvalue weighted by Crippen LogP contribution is 2.49. The number of rotatable bonds is 11. The lowest BCUT2D eigenvalue weighted by atomic mass is 9.59. The summed E-state index contributed by atoms with van der Waals surface area (Å²) in [6, 6.07) is 0. The average molecular weight is 395 g/mol. The zero-order valence-corrected chi connectivity index (χ0v) is 17.7. The van der Waals surface area contributed by atoms with Crippen molar-refractivity contribution < 1.29 is 24.5 Å². The molecule has 0 aromatic carbocycles. The van der Waals surface area contributed by atoms with Gasteiger partial charge in [-0.15, -0.1) is 0 Å². The second-order valence-electron chi connectivity index (χ2n) is 9.12. The fourth-order valence-electron chi connectivity index (χ4n) is 4.94. The molecule has 0 saturated heterocycles. The Balaban J connectivity index is 1.79. The number of esters is 1. The zero-order chi connectivity index (χ0) is 20.7. The lowest BCUT2D eigenvalue weighted by molar-refractivity contribution is -0.140. The van der Waals surface area contributed by atoms with Crippen molar-refractivity contribution >= 4 is 11.8 Å². The summed E-state index contributed by atoms with van der Waals surface area (Å²) in [5, 5.41) is 20.9. The second-order valence-corrected chi connectivity index (χ2v) is 9.12. The topological polar surface area (TPSA) is 83.8 Å². The monoisotopic (exact) mass is 394 g/mol. The molecule has 5 nitrogen and oxygen atoms in total. The fraction of sp³-hybridized carbons (Fsp3) is 0.826. The van der Waals surface area contributed by atoms with E-state index < -0.39 is 12.2 Å². The SMILES string of the molecule is CCC1CC(C)([C@H](O)/C=C/[C@H]2[C@H](O)CC(=O)[C@@H]2CCCCCCC(=O)OC)C1. The Bertz CT molecular complexity index is 549. The minimum atomic E-state index is -0.641. The summed E-state index contributed by atoms with van der Waals surface area (Å²) in [7, 11) is 1.40. The molecule has 2 aliphatic rings. The van der Waals surface area contributed by atoms with Gasteiger partial charge in [0.15, 0.2) is 0 Å². The quantitative estimate of drug-likeness (QED) is 0.316. The molecule has 0 unspecified atom stereocenters. The molecular weight excluding hydrogens is 356 g/mol. The van der Waals surface area contributed by atoms with Gasteiger partial charge < -0.3 is 14.9 Å². The van der Waals surface area contributed by atoms with Gasteiger partial charge in [0.1, 0.15) is 5.78 Å². The van der Waals surface area contributed by atoms with Gasteiger partial charge in [0, 0.05) is 24.7 Å². The molecule has 2 fully saturated rings. The maximum absolute atomic E-state index is 12.3. The first-order chi connectivity index (χ1) is 13.3. The van der Waals surface area contributed by atoms with Crippen LogP contribution >= 0.6 is 0 Å². The van der Waals surface area contributed by atoms with Gasteiger partial charge >= 0.3 is 5.97 Å². The Labute approximate surface area is 169 Å². The van der Waals surface area contributed by atoms with Crippen LogP contribution in [0, 0.1) is 23.2 Å². The van der Waals surface area contributed by atoms with E-state index in [2.05, 4.69) is 18.6 Å². The van der Waals surface area contributed by atoms with Gasteiger partial charge in [-0.3, -0.25) is 9.59 Å². The number of ether oxygens (including phenoxy) is 1. The van der Waals surface area contributed by atoms with Crippen molar-refractivity contribution in [3.63, 3.8) is 0 Å². The summed E-state index contributed by atoms with van der Waals surface area (Å²) in [4.78, 5) is 23.4. The number of methoxy groups -OCH3 is 1. The van der Waals surface area contributed by atoms with Crippen molar-refractivity contribution in [1.82, 2.24) is 0 Å². The van der Waals surface area contributed by atoms with Crippen LogP contribution in [0.15, 0.2) is 12.2 Å². The molecule has 0 bridgehead atoms. The smallest absolute Gasteiger partial charge is 0.305 e. The molecule has 0 aliphatic heterocycles. The first-order valence-electron chi connectivity index (χ1n) is 10.9. The van der Waals surface area contributed by atoms with Crippen LogP contribution in [0.4, 0.5) is 0 Å². The molecule has 0 amide bonds. The number of Topliss-reactive ketones (excluding diaryl/α,β-unsaturated/α-hetero) is 1. The molecular formula is C23H38O5. The molecule has 0 heterocycles. The van der Waals surface area contributed by atoms with E-state index in [9.17, 15) is 19.8 Å². The van der Waals surface area contributed by atoms with Crippen LogP contribution in [0.2, 0.25) is 0 Å². The molecule has 2 saturated carbocycles. The van der Waals surface area contributed by atoms with E-state index in [0.29, 0.717) is 12.3 Å². The van der Waals surface area contributed by atoms with Crippen molar-refractivity contribution in [3.05, 3.63) is 12.2 Å². The van der Waals surface area contributed by atoms with Gasteiger partial charge in [0.05, 0.1) is 19.3 Å². The number of hydrogen-bond acceptors (Lipinski definition) is 5. The van der Waals surface area contributed by atoms with Crippen molar-refractivity contribution in [3.8, 4) is 0 Å². The van der Waals surface area contributed by atoms with Crippen LogP contribution in [-0.2, 0) is 14.3 Å². The third kappa shape index (κ3) is 5.90. The number of aliphatic hydroxyl groups is 2. The first-order valence-corrected chi connectivity index (χ1v) is 10.9. The predicted octanol–water partition coefficient (Wildman–Crippen LogP) is 3.81. The zero-order valence-electron chi connectivity index (χ0n) is 17.7. The number of carbonyl (C=O) groups is 2. The van der Waals surface area contributed by atoms with Crippen molar-refractivity contribution in [2.45, 2.75) is 90.3 Å². The third-order valence-corrected chi connectivity index (χ3v) is 6.92. The van der Waals surface area contributed by atoms with Gasteiger partial charge in [0.25, 0.3) is 0 Å². The van der Waals surface area contributed by atoms with E-state index >= 15 is 0 Å². The third-order valence-electron chi connectivity index (χ3n) is 6.92. The Morgan fingerprint density at radius 1 is 1.29 bits per heavy atom. The Morgan fingerprint density at radius 2 is 1.96 bits per heavy atom. The number of ketones is 1. The second kappa shape index (κ2) is 10.5. The highest BCUT2D eigenvalue weighted by molar-refractivity contribution is 5.84. The lowest BCUT2D eigenvalue weighted by Gasteiger charge is -2.47. The van der Waals surface area contributed by atoms with Gasteiger partial charge in [0.2, 0.25) is 0 Å². The van der Waals surface area contributed by atoms with Crippen molar-refractivity contribution in [2.75, 3.05) is 7.11 Å². The molecule has 2 rings (SSSR count). The molecule has 0 aromatic rings. The Hall–Kier alpha value is -1.20. The minimum Gasteiger partial charge on any atom is -0.469 e. The summed E-state index contributed by atoms with van der Waals surface area (Å²) >= 11 is 0. The number of unbranched alkanes of at least 4 members (excludes halogenated alkanes) is 3. The molecule has 0 spiro atoms. The lowest BCUT2D eigenvalue weighted by Crippen LogP contribution is -2.43. The summed E-state index contributed by atoms with van der Waals surface area (Å²) in [5.74, 6) is 0.313. The Morgan fingerprint density at radius 3 is 2.61 bits per heavy atom. The summed E-state index contributed by atoms with van der Waals surface area (Å²) in [6.07, 6.45) is 10.8. The van der Waals surface area contributed by atoms with E-state index in [1.807, 2.05) is 12.2 Å². The van der Waals surface area contributed by atoms with Crippen LogP contribution < -0.4 is 0 Å². The Kier molecular flexibility index (Phi) is 8.69. The molecule has 2 aliphatic carbocycles. The minimum absolute atomic E-state index is 0.0696. The predicted molar refractivity (Wildman–Crippen MR) is 109 cm³/mol. The van der Waals surface area contributed by atoms with E-state index in [4.69, 9.17) is 0 Å². The van der Waals surface area contributed by atoms with Crippen LogP contribution in [0.5, 0.6) is 0 Å². The van der Waals surface area contributed by atoms with E-state index in [1.54, 1.807) is 0 Å². The molecule has 160 valence electrons. The standard InChI is InChI=1S/C23H38O5/c1-4-16-14-23(2,15-16)21(26)12-11-18-17(19(24)13-20(18)25)9-7-5-6-8-10-22(27)28-3/h11-12,16-18,20-21,25-26H,4-10,13-15H2,1-3H3/b12-11+/t16?,17-,18-,20-,21-,23?/m1/s1. The molecule has 0 radical (unpaired) electrons. The van der Waals surface area contributed by atoms with Gasteiger partial charge in [-0.25, -0.2) is 0 Å². The van der Waals surface area contributed by atoms with Gasteiger partial charge in [-0.05, 0) is 37.0 Å². The maximum atomic E-state index is 12.3. The fourth-order valence-corrected chi connectivity index (χ4v) is 4.94. The number of hydrogen-bond donors (Lipinski definition) is 2. The maximum Gasteiger partial charge on any atom is 0.305 e. The summed E-state index contributed by atoms with van der Waals surface area (Å²) in [6.45, 7) is 4.31. The van der Waals surface area contributed by atoms with Crippen LogP contribution in [-0.4, -0.2) is 41.3 Å².